The van der Waals surface area contributed by atoms with Crippen LogP contribution in [-0.4, -0.2) is 49.3 Å². The van der Waals surface area contributed by atoms with Crippen LogP contribution in [0.25, 0.3) is 0 Å². The minimum Gasteiger partial charge on any atom is -0.493 e. The fourth-order valence-electron chi connectivity index (χ4n) is 4.95. The topological polar surface area (TPSA) is 72.1 Å². The van der Waals surface area contributed by atoms with E-state index in [1.807, 2.05) is 30.0 Å². The highest BCUT2D eigenvalue weighted by molar-refractivity contribution is 7.80. The van der Waals surface area contributed by atoms with Crippen molar-refractivity contribution in [3.63, 3.8) is 0 Å². The van der Waals surface area contributed by atoms with Crippen LogP contribution < -0.4 is 20.1 Å². The predicted molar refractivity (Wildman–Crippen MR) is 154 cm³/mol. The molecule has 0 radical (unpaired) electrons. The minimum atomic E-state index is -0.406. The Hall–Kier alpha value is -3.10. The Kier molecular flexibility index (Phi) is 8.33. The highest BCUT2D eigenvalue weighted by Crippen LogP contribution is 2.36. The molecule has 0 aliphatic carbocycles. The normalized spacial score (nSPS) is 18.1. The summed E-state index contributed by atoms with van der Waals surface area (Å²) in [5.74, 6) is 1.22. The van der Waals surface area contributed by atoms with Gasteiger partial charge in [0, 0.05) is 18.8 Å². The van der Waals surface area contributed by atoms with Crippen molar-refractivity contribution in [2.75, 3.05) is 33.4 Å². The van der Waals surface area contributed by atoms with Crippen LogP contribution in [0.3, 0.4) is 0 Å². The first-order valence-corrected chi connectivity index (χ1v) is 13.5. The van der Waals surface area contributed by atoms with Gasteiger partial charge < -0.3 is 29.7 Å². The van der Waals surface area contributed by atoms with Crippen molar-refractivity contribution >= 4 is 23.2 Å². The number of hydrogen-bond donors (Lipinski definition) is 2. The SMILES string of the molecule is COc1cc(C2NC(=S)NC(C)=C2C(=O)N2CCOCC2)ccc1OCc1c(C)cc(C(C)(C)C)cc1C. The Bertz CT molecular complexity index is 1240. The number of allylic oxidation sites excluding steroid dienone is 1. The van der Waals surface area contributed by atoms with Gasteiger partial charge >= 0.3 is 0 Å². The molecule has 2 aliphatic rings. The lowest BCUT2D eigenvalue weighted by Crippen LogP contribution is -2.49. The first kappa shape index (κ1) is 27.9. The zero-order valence-corrected chi connectivity index (χ0v) is 24.3. The number of rotatable bonds is 6. The Morgan fingerprint density at radius 1 is 1.08 bits per heavy atom. The maximum Gasteiger partial charge on any atom is 0.254 e. The first-order chi connectivity index (χ1) is 18.0. The number of aryl methyl sites for hydroxylation is 2. The lowest BCUT2D eigenvalue weighted by molar-refractivity contribution is -0.131. The Labute approximate surface area is 231 Å². The van der Waals surface area contributed by atoms with Crippen LogP contribution in [0, 0.1) is 13.8 Å². The van der Waals surface area contributed by atoms with Gasteiger partial charge in [-0.1, -0.05) is 39.0 Å². The molecule has 2 aromatic rings. The fraction of sp³-hybridized carbons (Fsp3) is 0.467. The van der Waals surface area contributed by atoms with E-state index in [4.69, 9.17) is 26.4 Å². The van der Waals surface area contributed by atoms with E-state index < -0.39 is 6.04 Å². The lowest BCUT2D eigenvalue weighted by atomic mass is 9.84. The van der Waals surface area contributed by atoms with Crippen LogP contribution >= 0.6 is 12.2 Å². The molecule has 1 unspecified atom stereocenters. The number of nitrogens with one attached hydrogen (secondary N) is 2. The number of methoxy groups -OCH3 is 1. The quantitative estimate of drug-likeness (QED) is 0.511. The molecule has 0 saturated carbocycles. The molecule has 0 bridgehead atoms. The Balaban J connectivity index is 1.59. The van der Waals surface area contributed by atoms with Crippen molar-refractivity contribution in [2.45, 2.75) is 59.6 Å². The molecule has 2 aliphatic heterocycles. The van der Waals surface area contributed by atoms with Crippen molar-refractivity contribution in [1.29, 1.82) is 0 Å². The molecule has 1 amide bonds. The lowest BCUT2D eigenvalue weighted by Gasteiger charge is -2.35. The van der Waals surface area contributed by atoms with E-state index in [0.717, 1.165) is 11.3 Å². The second kappa shape index (κ2) is 11.3. The van der Waals surface area contributed by atoms with E-state index in [0.29, 0.717) is 55.1 Å². The molecule has 38 heavy (non-hydrogen) atoms. The molecule has 2 N–H and O–H groups in total. The monoisotopic (exact) mass is 537 g/mol. The number of hydrogen-bond acceptors (Lipinski definition) is 5. The summed E-state index contributed by atoms with van der Waals surface area (Å²) in [5, 5.41) is 6.88. The summed E-state index contributed by atoms with van der Waals surface area (Å²) < 4.78 is 17.4. The van der Waals surface area contributed by atoms with Gasteiger partial charge in [-0.3, -0.25) is 4.79 Å². The summed E-state index contributed by atoms with van der Waals surface area (Å²) in [5.41, 5.74) is 7.27. The second-order valence-electron chi connectivity index (χ2n) is 11.0. The van der Waals surface area contributed by atoms with E-state index in [2.05, 4.69) is 57.4 Å². The molecule has 4 rings (SSSR count). The fourth-order valence-corrected chi connectivity index (χ4v) is 5.22. The van der Waals surface area contributed by atoms with Crippen molar-refractivity contribution in [3.05, 3.63) is 69.4 Å². The number of carbonyl (C=O) groups is 1. The zero-order valence-electron chi connectivity index (χ0n) is 23.5. The van der Waals surface area contributed by atoms with Gasteiger partial charge in [0.1, 0.15) is 6.61 Å². The Morgan fingerprint density at radius 2 is 1.74 bits per heavy atom. The van der Waals surface area contributed by atoms with Gasteiger partial charge in [-0.05, 0) is 78.4 Å². The zero-order chi connectivity index (χ0) is 27.6. The molecule has 1 saturated heterocycles. The molecule has 1 fully saturated rings. The summed E-state index contributed by atoms with van der Waals surface area (Å²) in [6, 6.07) is 9.88. The highest BCUT2D eigenvalue weighted by atomic mass is 32.1. The molecule has 1 atom stereocenters. The van der Waals surface area contributed by atoms with E-state index in [-0.39, 0.29) is 11.3 Å². The summed E-state index contributed by atoms with van der Waals surface area (Å²) in [6.45, 7) is 15.5. The number of benzene rings is 2. The van der Waals surface area contributed by atoms with Crippen molar-refractivity contribution in [1.82, 2.24) is 15.5 Å². The summed E-state index contributed by atoms with van der Waals surface area (Å²) in [7, 11) is 1.63. The van der Waals surface area contributed by atoms with Crippen molar-refractivity contribution < 1.29 is 19.0 Å². The molecular weight excluding hydrogens is 498 g/mol. The van der Waals surface area contributed by atoms with Crippen LogP contribution in [0.4, 0.5) is 0 Å². The average molecular weight is 538 g/mol. The van der Waals surface area contributed by atoms with Gasteiger partial charge in [0.25, 0.3) is 5.91 Å². The van der Waals surface area contributed by atoms with Gasteiger partial charge in [-0.15, -0.1) is 0 Å². The van der Waals surface area contributed by atoms with Gasteiger partial charge in [0.15, 0.2) is 16.6 Å². The van der Waals surface area contributed by atoms with Crippen LogP contribution in [0.1, 0.15) is 61.6 Å². The van der Waals surface area contributed by atoms with Gasteiger partial charge in [-0.25, -0.2) is 0 Å². The molecule has 7 nitrogen and oxygen atoms in total. The minimum absolute atomic E-state index is 0.0257. The number of thiocarbonyl (C=S) groups is 1. The number of amides is 1. The van der Waals surface area contributed by atoms with Crippen molar-refractivity contribution in [2.24, 2.45) is 0 Å². The van der Waals surface area contributed by atoms with Crippen LogP contribution in [0.5, 0.6) is 11.5 Å². The summed E-state index contributed by atoms with van der Waals surface area (Å²) >= 11 is 5.44. The summed E-state index contributed by atoms with van der Waals surface area (Å²) in [6.07, 6.45) is 0. The third-order valence-corrected chi connectivity index (χ3v) is 7.47. The van der Waals surface area contributed by atoms with Gasteiger partial charge in [0.2, 0.25) is 0 Å². The number of ether oxygens (including phenoxy) is 3. The molecular formula is C30H39N3O4S. The standard InChI is InChI=1S/C30H39N3O4S/c1-18-14-22(30(4,5)6)15-19(2)23(18)17-37-24-9-8-21(16-25(24)35-7)27-26(20(3)31-29(38)32-27)28(34)33-10-12-36-13-11-33/h8-9,14-16,27H,10-13,17H2,1-7H3,(H2,31,32,38). The van der Waals surface area contributed by atoms with Gasteiger partial charge in [0.05, 0.1) is 31.9 Å². The van der Waals surface area contributed by atoms with E-state index in [1.54, 1.807) is 7.11 Å². The molecule has 2 heterocycles. The Morgan fingerprint density at radius 3 is 2.34 bits per heavy atom. The van der Waals surface area contributed by atoms with E-state index in [1.165, 1.54) is 22.3 Å². The number of morpholine rings is 1. The maximum absolute atomic E-state index is 13.5. The summed E-state index contributed by atoms with van der Waals surface area (Å²) in [4.78, 5) is 15.3. The maximum atomic E-state index is 13.5. The van der Waals surface area contributed by atoms with Crippen LogP contribution in [0.2, 0.25) is 0 Å². The third kappa shape index (κ3) is 5.97. The van der Waals surface area contributed by atoms with Crippen LogP contribution in [-0.2, 0) is 21.6 Å². The molecule has 0 aromatic heterocycles. The first-order valence-electron chi connectivity index (χ1n) is 13.1. The third-order valence-electron chi connectivity index (χ3n) is 7.25. The molecule has 2 aromatic carbocycles. The van der Waals surface area contributed by atoms with E-state index >= 15 is 0 Å². The molecule has 204 valence electrons. The van der Waals surface area contributed by atoms with Crippen LogP contribution in [0.15, 0.2) is 41.6 Å². The second-order valence-corrected chi connectivity index (χ2v) is 11.4. The number of nitrogens with zero attached hydrogens (tertiary/aromatic N) is 1. The number of carbonyl (C=O) groups excluding carboxylic acids is 1. The highest BCUT2D eigenvalue weighted by Gasteiger charge is 2.33. The average Bonchev–Trinajstić information content (AvgIpc) is 2.87. The smallest absolute Gasteiger partial charge is 0.254 e. The molecule has 8 heteroatoms. The van der Waals surface area contributed by atoms with Gasteiger partial charge in [-0.2, -0.15) is 0 Å². The van der Waals surface area contributed by atoms with Crippen molar-refractivity contribution in [3.8, 4) is 11.5 Å². The molecule has 0 spiro atoms. The van der Waals surface area contributed by atoms with E-state index in [9.17, 15) is 4.79 Å². The largest absolute Gasteiger partial charge is 0.493 e. The predicted octanol–water partition coefficient (Wildman–Crippen LogP) is 4.84.